The van der Waals surface area contributed by atoms with Crippen molar-refractivity contribution in [3.8, 4) is 0 Å². The van der Waals surface area contributed by atoms with Crippen LogP contribution in [0.5, 0.6) is 0 Å². The van der Waals surface area contributed by atoms with Crippen molar-refractivity contribution in [3.05, 3.63) is 34.3 Å². The molecule has 0 fully saturated rings. The molecular weight excluding hydrogens is 274 g/mol. The molecule has 0 radical (unpaired) electrons. The van der Waals surface area contributed by atoms with Crippen LogP contribution in [-0.2, 0) is 0 Å². The maximum absolute atomic E-state index is 3.74. The highest BCUT2D eigenvalue weighted by Crippen LogP contribution is 2.22. The van der Waals surface area contributed by atoms with Gasteiger partial charge in [0.05, 0.1) is 0 Å². The minimum Gasteiger partial charge on any atom is -0.307 e. The predicted octanol–water partition coefficient (Wildman–Crippen LogP) is 4.92. The summed E-state index contributed by atoms with van der Waals surface area (Å²) in [6.07, 6.45) is 2.35. The first kappa shape index (κ1) is 14.7. The van der Waals surface area contributed by atoms with E-state index in [0.717, 1.165) is 16.8 Å². The Bertz CT molecular complexity index is 337. The van der Waals surface area contributed by atoms with E-state index in [9.17, 15) is 0 Å². The molecule has 0 spiro atoms. The quantitative estimate of drug-likeness (QED) is 0.785. The van der Waals surface area contributed by atoms with Crippen molar-refractivity contribution in [1.29, 1.82) is 0 Å². The molecule has 0 bridgehead atoms. The van der Waals surface area contributed by atoms with E-state index in [-0.39, 0.29) is 0 Å². The summed E-state index contributed by atoms with van der Waals surface area (Å²) in [4.78, 5) is 0. The topological polar surface area (TPSA) is 12.0 Å². The van der Waals surface area contributed by atoms with Crippen molar-refractivity contribution in [1.82, 2.24) is 5.32 Å². The van der Waals surface area contributed by atoms with E-state index < -0.39 is 0 Å². The fourth-order valence-electron chi connectivity index (χ4n) is 2.01. The van der Waals surface area contributed by atoms with Crippen LogP contribution in [-0.4, -0.2) is 6.04 Å². The van der Waals surface area contributed by atoms with Gasteiger partial charge < -0.3 is 5.32 Å². The molecule has 2 heteroatoms. The van der Waals surface area contributed by atoms with Crippen LogP contribution in [0.1, 0.15) is 52.1 Å². The number of hydrogen-bond donors (Lipinski definition) is 1. The van der Waals surface area contributed by atoms with Crippen LogP contribution in [0.3, 0.4) is 0 Å². The first-order valence-electron chi connectivity index (χ1n) is 6.60. The number of nitrogens with one attached hydrogen (secondary N) is 1. The third-order valence-electron chi connectivity index (χ3n) is 3.62. The standard InChI is InChI=1S/C15H24BrN/c1-5-11(3)12(4)17-15(6-2)13-8-7-9-14(16)10-13/h7-12,15,17H,5-6H2,1-4H3. The van der Waals surface area contributed by atoms with Gasteiger partial charge in [-0.2, -0.15) is 0 Å². The van der Waals surface area contributed by atoms with Gasteiger partial charge >= 0.3 is 0 Å². The minimum absolute atomic E-state index is 0.455. The highest BCUT2D eigenvalue weighted by atomic mass is 79.9. The minimum atomic E-state index is 0.455. The summed E-state index contributed by atoms with van der Waals surface area (Å²) in [6.45, 7) is 9.09. The highest BCUT2D eigenvalue weighted by molar-refractivity contribution is 9.10. The van der Waals surface area contributed by atoms with Gasteiger partial charge in [-0.3, -0.25) is 0 Å². The summed E-state index contributed by atoms with van der Waals surface area (Å²) in [6, 6.07) is 9.62. The van der Waals surface area contributed by atoms with Crippen LogP contribution in [0, 0.1) is 5.92 Å². The van der Waals surface area contributed by atoms with Crippen LogP contribution in [0.15, 0.2) is 28.7 Å². The summed E-state index contributed by atoms with van der Waals surface area (Å²) in [5.41, 5.74) is 1.37. The molecule has 0 saturated heterocycles. The fraction of sp³-hybridized carbons (Fsp3) is 0.600. The van der Waals surface area contributed by atoms with Crippen LogP contribution in [0.2, 0.25) is 0 Å². The van der Waals surface area contributed by atoms with Gasteiger partial charge in [-0.25, -0.2) is 0 Å². The molecule has 0 heterocycles. The van der Waals surface area contributed by atoms with Gasteiger partial charge in [0.15, 0.2) is 0 Å². The maximum atomic E-state index is 3.74. The van der Waals surface area contributed by atoms with E-state index in [4.69, 9.17) is 0 Å². The Morgan fingerprint density at radius 3 is 2.41 bits per heavy atom. The molecular formula is C15H24BrN. The maximum Gasteiger partial charge on any atom is 0.0320 e. The average molecular weight is 298 g/mol. The zero-order valence-electron chi connectivity index (χ0n) is 11.3. The van der Waals surface area contributed by atoms with Crippen LogP contribution < -0.4 is 5.32 Å². The predicted molar refractivity (Wildman–Crippen MR) is 79.2 cm³/mol. The monoisotopic (exact) mass is 297 g/mol. The van der Waals surface area contributed by atoms with E-state index in [1.807, 2.05) is 0 Å². The average Bonchev–Trinajstić information content (AvgIpc) is 2.34. The second kappa shape index (κ2) is 7.17. The van der Waals surface area contributed by atoms with E-state index in [2.05, 4.69) is 73.2 Å². The third-order valence-corrected chi connectivity index (χ3v) is 4.11. The zero-order chi connectivity index (χ0) is 12.8. The Labute approximate surface area is 114 Å². The molecule has 0 aromatic heterocycles. The lowest BCUT2D eigenvalue weighted by atomic mass is 9.97. The Hall–Kier alpha value is -0.340. The SMILES string of the molecule is CCC(NC(C)C(C)CC)c1cccc(Br)c1. The molecule has 1 N–H and O–H groups in total. The molecule has 3 atom stereocenters. The van der Waals surface area contributed by atoms with Crippen LogP contribution in [0.25, 0.3) is 0 Å². The van der Waals surface area contributed by atoms with Crippen molar-refractivity contribution < 1.29 is 0 Å². The molecule has 0 aliphatic rings. The lowest BCUT2D eigenvalue weighted by Gasteiger charge is -2.26. The second-order valence-corrected chi connectivity index (χ2v) is 5.77. The van der Waals surface area contributed by atoms with Gasteiger partial charge in [0.2, 0.25) is 0 Å². The van der Waals surface area contributed by atoms with Gasteiger partial charge in [-0.1, -0.05) is 55.3 Å². The van der Waals surface area contributed by atoms with Crippen molar-refractivity contribution in [3.63, 3.8) is 0 Å². The summed E-state index contributed by atoms with van der Waals surface area (Å²) in [5, 5.41) is 3.74. The molecule has 0 saturated carbocycles. The van der Waals surface area contributed by atoms with Crippen molar-refractivity contribution in [2.75, 3.05) is 0 Å². The summed E-state index contributed by atoms with van der Waals surface area (Å²) >= 11 is 3.54. The number of halogens is 1. The number of hydrogen-bond acceptors (Lipinski definition) is 1. The normalized spacial score (nSPS) is 16.5. The Morgan fingerprint density at radius 2 is 1.88 bits per heavy atom. The van der Waals surface area contributed by atoms with Crippen molar-refractivity contribution in [2.24, 2.45) is 5.92 Å². The smallest absolute Gasteiger partial charge is 0.0320 e. The molecule has 0 aliphatic carbocycles. The lowest BCUT2D eigenvalue weighted by molar-refractivity contribution is 0.345. The van der Waals surface area contributed by atoms with Crippen LogP contribution in [0.4, 0.5) is 0 Å². The van der Waals surface area contributed by atoms with Gasteiger partial charge in [0.1, 0.15) is 0 Å². The van der Waals surface area contributed by atoms with Gasteiger partial charge in [-0.15, -0.1) is 0 Å². The van der Waals surface area contributed by atoms with Crippen LogP contribution >= 0.6 is 15.9 Å². The van der Waals surface area contributed by atoms with Gasteiger partial charge in [0, 0.05) is 16.6 Å². The lowest BCUT2D eigenvalue weighted by Crippen LogP contribution is -2.34. The molecule has 0 aliphatic heterocycles. The third kappa shape index (κ3) is 4.44. The van der Waals surface area contributed by atoms with E-state index in [1.165, 1.54) is 12.0 Å². The molecule has 3 unspecified atom stereocenters. The van der Waals surface area contributed by atoms with Gasteiger partial charge in [-0.05, 0) is 37.0 Å². The number of rotatable bonds is 6. The molecule has 17 heavy (non-hydrogen) atoms. The molecule has 96 valence electrons. The summed E-state index contributed by atoms with van der Waals surface area (Å²) < 4.78 is 1.16. The molecule has 1 nitrogen and oxygen atoms in total. The largest absolute Gasteiger partial charge is 0.307 e. The highest BCUT2D eigenvalue weighted by Gasteiger charge is 2.16. The molecule has 1 aromatic carbocycles. The van der Waals surface area contributed by atoms with Gasteiger partial charge in [0.25, 0.3) is 0 Å². The van der Waals surface area contributed by atoms with E-state index >= 15 is 0 Å². The summed E-state index contributed by atoms with van der Waals surface area (Å²) in [7, 11) is 0. The van der Waals surface area contributed by atoms with E-state index in [1.54, 1.807) is 0 Å². The van der Waals surface area contributed by atoms with Crippen molar-refractivity contribution >= 4 is 15.9 Å². The van der Waals surface area contributed by atoms with E-state index in [0.29, 0.717) is 12.1 Å². The first-order valence-corrected chi connectivity index (χ1v) is 7.39. The Balaban J connectivity index is 2.72. The zero-order valence-corrected chi connectivity index (χ0v) is 12.9. The second-order valence-electron chi connectivity index (χ2n) is 4.86. The Kier molecular flexibility index (Phi) is 6.21. The Morgan fingerprint density at radius 1 is 1.18 bits per heavy atom. The molecule has 1 rings (SSSR count). The molecule has 0 amide bonds. The molecule has 1 aromatic rings. The fourth-order valence-corrected chi connectivity index (χ4v) is 2.43. The first-order chi connectivity index (χ1) is 8.08. The van der Waals surface area contributed by atoms with Crippen molar-refractivity contribution in [2.45, 2.75) is 52.6 Å². The number of benzene rings is 1. The summed E-state index contributed by atoms with van der Waals surface area (Å²) in [5.74, 6) is 0.719.